The molecule has 0 aliphatic heterocycles. The van der Waals surface area contributed by atoms with E-state index in [0.717, 1.165) is 28.7 Å². The first-order chi connectivity index (χ1) is 15.8. The number of carbonyl (C=O) groups excluding carboxylic acids is 1. The van der Waals surface area contributed by atoms with Gasteiger partial charge in [0.1, 0.15) is 17.7 Å². The third-order valence-corrected chi connectivity index (χ3v) is 6.76. The number of benzene rings is 3. The van der Waals surface area contributed by atoms with E-state index < -0.39 is 21.9 Å². The maximum absolute atomic E-state index is 13.1. The predicted molar refractivity (Wildman–Crippen MR) is 123 cm³/mol. The van der Waals surface area contributed by atoms with Crippen molar-refractivity contribution in [2.45, 2.75) is 17.4 Å². The van der Waals surface area contributed by atoms with Crippen LogP contribution in [0.25, 0.3) is 11.0 Å². The molecular formula is C24H23FN4O3S. The van der Waals surface area contributed by atoms with Crippen molar-refractivity contribution in [1.29, 1.82) is 0 Å². The smallest absolute Gasteiger partial charge is 0.240 e. The molecule has 0 saturated carbocycles. The number of imidazole rings is 1. The summed E-state index contributed by atoms with van der Waals surface area (Å²) in [5.74, 6) is -0.192. The molecule has 0 spiro atoms. The molecule has 9 heteroatoms. The van der Waals surface area contributed by atoms with Gasteiger partial charge in [-0.3, -0.25) is 4.79 Å². The molecule has 0 aliphatic rings. The van der Waals surface area contributed by atoms with Crippen LogP contribution in [0.4, 0.5) is 4.39 Å². The van der Waals surface area contributed by atoms with Crippen LogP contribution >= 0.6 is 0 Å². The number of halogens is 1. The number of hydrogen-bond acceptors (Lipinski definition) is 4. The van der Waals surface area contributed by atoms with Crippen molar-refractivity contribution in [2.24, 2.45) is 7.05 Å². The van der Waals surface area contributed by atoms with Gasteiger partial charge in [-0.1, -0.05) is 42.5 Å². The van der Waals surface area contributed by atoms with Crippen LogP contribution in [0.2, 0.25) is 0 Å². The van der Waals surface area contributed by atoms with Gasteiger partial charge in [-0.05, 0) is 42.0 Å². The molecular weight excluding hydrogens is 443 g/mol. The van der Waals surface area contributed by atoms with E-state index in [0.29, 0.717) is 5.82 Å². The van der Waals surface area contributed by atoms with Gasteiger partial charge >= 0.3 is 0 Å². The third kappa shape index (κ3) is 5.10. The molecule has 1 aromatic heterocycles. The maximum Gasteiger partial charge on any atom is 0.240 e. The van der Waals surface area contributed by atoms with Crippen molar-refractivity contribution in [1.82, 2.24) is 19.6 Å². The second-order valence-corrected chi connectivity index (χ2v) is 9.30. The summed E-state index contributed by atoms with van der Waals surface area (Å²) in [5.41, 5.74) is 2.61. The minimum atomic E-state index is -3.84. The fourth-order valence-electron chi connectivity index (χ4n) is 3.59. The van der Waals surface area contributed by atoms with Gasteiger partial charge in [0.2, 0.25) is 15.9 Å². The molecule has 0 saturated heterocycles. The average Bonchev–Trinajstić information content (AvgIpc) is 3.14. The molecule has 0 bridgehead atoms. The number of sulfonamides is 1. The topological polar surface area (TPSA) is 93.1 Å². The number of nitrogens with zero attached hydrogens (tertiary/aromatic N) is 2. The highest BCUT2D eigenvalue weighted by Gasteiger charge is 2.23. The summed E-state index contributed by atoms with van der Waals surface area (Å²) in [4.78, 5) is 17.4. The molecule has 170 valence electrons. The molecule has 0 fully saturated rings. The van der Waals surface area contributed by atoms with Gasteiger partial charge in [-0.2, -0.15) is 0 Å². The summed E-state index contributed by atoms with van der Waals surface area (Å²) in [6.07, 6.45) is -0.0757. The summed E-state index contributed by atoms with van der Waals surface area (Å²) in [7, 11) is -1.95. The molecule has 3 aromatic carbocycles. The quantitative estimate of drug-likeness (QED) is 0.417. The van der Waals surface area contributed by atoms with Crippen molar-refractivity contribution in [3.05, 3.63) is 96.1 Å². The second kappa shape index (κ2) is 9.51. The molecule has 1 heterocycles. The van der Waals surface area contributed by atoms with E-state index in [1.54, 1.807) is 0 Å². The van der Waals surface area contributed by atoms with Gasteiger partial charge < -0.3 is 9.88 Å². The Bertz CT molecular complexity index is 1370. The predicted octanol–water partition coefficient (Wildman–Crippen LogP) is 3.29. The van der Waals surface area contributed by atoms with Crippen LogP contribution in [-0.2, 0) is 21.9 Å². The van der Waals surface area contributed by atoms with Crippen LogP contribution in [0.3, 0.4) is 0 Å². The summed E-state index contributed by atoms with van der Waals surface area (Å²) >= 11 is 0. The zero-order chi connectivity index (χ0) is 23.4. The van der Waals surface area contributed by atoms with Gasteiger partial charge in [0.15, 0.2) is 0 Å². The van der Waals surface area contributed by atoms with Crippen LogP contribution in [0, 0.1) is 5.82 Å². The number of rotatable bonds is 8. The Morgan fingerprint density at radius 1 is 1.00 bits per heavy atom. The first kappa shape index (κ1) is 22.6. The van der Waals surface area contributed by atoms with E-state index in [4.69, 9.17) is 4.98 Å². The zero-order valence-corrected chi connectivity index (χ0v) is 18.7. The highest BCUT2D eigenvalue weighted by molar-refractivity contribution is 7.89. The molecule has 4 rings (SSSR count). The van der Waals surface area contributed by atoms with Gasteiger partial charge in [0.05, 0.1) is 15.9 Å². The van der Waals surface area contributed by atoms with Crippen molar-refractivity contribution in [3.63, 3.8) is 0 Å². The summed E-state index contributed by atoms with van der Waals surface area (Å²) in [6, 6.07) is 21.2. The lowest BCUT2D eigenvalue weighted by atomic mass is 10.1. The number of fused-ring (bicyclic) bond motifs is 1. The van der Waals surface area contributed by atoms with Crippen molar-refractivity contribution < 1.29 is 17.6 Å². The summed E-state index contributed by atoms with van der Waals surface area (Å²) in [6.45, 7) is -0.102. The summed E-state index contributed by atoms with van der Waals surface area (Å²) < 4.78 is 42.1. The second-order valence-electron chi connectivity index (χ2n) is 7.53. The van der Waals surface area contributed by atoms with Crippen LogP contribution in [0.5, 0.6) is 0 Å². The van der Waals surface area contributed by atoms with Crippen molar-refractivity contribution >= 4 is 27.0 Å². The minimum Gasteiger partial charge on any atom is -0.342 e. The number of aromatic nitrogens is 2. The molecule has 7 nitrogen and oxygen atoms in total. The Morgan fingerprint density at radius 2 is 1.67 bits per heavy atom. The lowest BCUT2D eigenvalue weighted by molar-refractivity contribution is -0.121. The van der Waals surface area contributed by atoms with Gasteiger partial charge in [0, 0.05) is 20.0 Å². The Morgan fingerprint density at radius 3 is 2.36 bits per heavy atom. The highest BCUT2D eigenvalue weighted by Crippen LogP contribution is 2.25. The van der Waals surface area contributed by atoms with Crippen LogP contribution in [0.15, 0.2) is 83.8 Å². The fourth-order valence-corrected chi connectivity index (χ4v) is 4.63. The Hall–Kier alpha value is -3.56. The first-order valence-corrected chi connectivity index (χ1v) is 11.8. The lowest BCUT2D eigenvalue weighted by Gasteiger charge is -2.19. The van der Waals surface area contributed by atoms with E-state index >= 15 is 0 Å². The number of aryl methyl sites for hydroxylation is 1. The van der Waals surface area contributed by atoms with E-state index in [9.17, 15) is 17.6 Å². The maximum atomic E-state index is 13.1. The largest absolute Gasteiger partial charge is 0.342 e. The Labute approximate surface area is 191 Å². The molecule has 2 N–H and O–H groups in total. The fraction of sp³-hybridized carbons (Fsp3) is 0.167. The highest BCUT2D eigenvalue weighted by atomic mass is 32.2. The number of carbonyl (C=O) groups is 1. The number of hydrogen-bond donors (Lipinski definition) is 2. The van der Waals surface area contributed by atoms with Crippen LogP contribution < -0.4 is 10.0 Å². The van der Waals surface area contributed by atoms with Crippen LogP contribution in [-0.4, -0.2) is 30.4 Å². The monoisotopic (exact) mass is 466 g/mol. The van der Waals surface area contributed by atoms with Crippen LogP contribution in [0.1, 0.15) is 23.9 Å². The normalized spacial score (nSPS) is 12.5. The molecule has 33 heavy (non-hydrogen) atoms. The van der Waals surface area contributed by atoms with Gasteiger partial charge in [0.25, 0.3) is 0 Å². The lowest BCUT2D eigenvalue weighted by Crippen LogP contribution is -2.34. The van der Waals surface area contributed by atoms with Crippen molar-refractivity contribution in [2.75, 3.05) is 6.54 Å². The van der Waals surface area contributed by atoms with Gasteiger partial charge in [-0.15, -0.1) is 0 Å². The standard InChI is InChI=1S/C24H23FN4O3S/c1-29-21-10-6-5-9-20(21)27-24(29)23(17-7-3-2-4-8-17)28-22(30)15-16-26-33(31,32)19-13-11-18(25)12-14-19/h2-14,23,26H,15-16H2,1H3,(H,28,30). The SMILES string of the molecule is Cn1c(C(NC(=O)CCNS(=O)(=O)c2ccc(F)cc2)c2ccccc2)nc2ccccc21. The van der Waals surface area contributed by atoms with E-state index in [1.807, 2.05) is 66.2 Å². The van der Waals surface area contributed by atoms with E-state index in [1.165, 1.54) is 12.1 Å². The zero-order valence-electron chi connectivity index (χ0n) is 17.9. The molecule has 0 aliphatic carbocycles. The van der Waals surface area contributed by atoms with E-state index in [-0.39, 0.29) is 23.8 Å². The van der Waals surface area contributed by atoms with Gasteiger partial charge in [-0.25, -0.2) is 22.5 Å². The molecule has 1 atom stereocenters. The third-order valence-electron chi connectivity index (χ3n) is 5.29. The first-order valence-electron chi connectivity index (χ1n) is 10.4. The summed E-state index contributed by atoms with van der Waals surface area (Å²) in [5, 5.41) is 2.98. The Balaban J connectivity index is 1.49. The molecule has 0 radical (unpaired) electrons. The molecule has 1 unspecified atom stereocenters. The minimum absolute atomic E-state index is 0.0637. The Kier molecular flexibility index (Phi) is 6.52. The number of nitrogens with one attached hydrogen (secondary N) is 2. The average molecular weight is 467 g/mol. The van der Waals surface area contributed by atoms with Crippen molar-refractivity contribution in [3.8, 4) is 0 Å². The van der Waals surface area contributed by atoms with E-state index in [2.05, 4.69) is 10.0 Å². The number of para-hydroxylation sites is 2. The number of amides is 1. The molecule has 4 aromatic rings. The molecule has 1 amide bonds.